The largest absolute Gasteiger partial charge is 0.382 e. The van der Waals surface area contributed by atoms with Crippen LogP contribution in [0.1, 0.15) is 13.3 Å². The Kier molecular flexibility index (Phi) is 2.88. The van der Waals surface area contributed by atoms with Crippen LogP contribution >= 0.6 is 23.3 Å². The summed E-state index contributed by atoms with van der Waals surface area (Å²) in [7, 11) is 0. The minimum absolute atomic E-state index is 0.692. The molecular weight excluding hydrogens is 214 g/mol. The molecule has 1 fully saturated rings. The lowest BCUT2D eigenvalue weighted by Gasteiger charge is -2.16. The molecule has 0 spiro atoms. The van der Waals surface area contributed by atoms with Crippen LogP contribution < -0.4 is 10.6 Å². The highest BCUT2D eigenvalue weighted by molar-refractivity contribution is 7.99. The molecule has 1 aliphatic rings. The number of hydrogen-bond acceptors (Lipinski definition) is 5. The van der Waals surface area contributed by atoms with Gasteiger partial charge in [0.05, 0.1) is 4.90 Å². The minimum atomic E-state index is 0.692. The summed E-state index contributed by atoms with van der Waals surface area (Å²) in [5, 5.41) is 1.26. The Morgan fingerprint density at radius 1 is 1.64 bits per heavy atom. The Bertz CT molecular complexity index is 324. The van der Waals surface area contributed by atoms with Gasteiger partial charge in [0.25, 0.3) is 0 Å². The third kappa shape index (κ3) is 1.70. The van der Waals surface area contributed by atoms with Gasteiger partial charge in [0.2, 0.25) is 0 Å². The van der Waals surface area contributed by atoms with Crippen LogP contribution in [-0.4, -0.2) is 23.7 Å². The number of hydrogen-bond donors (Lipinski definition) is 1. The van der Waals surface area contributed by atoms with Crippen LogP contribution in [0.3, 0.4) is 0 Å². The summed E-state index contributed by atoms with van der Waals surface area (Å²) in [5.41, 5.74) is 5.81. The molecule has 3 nitrogen and oxygen atoms in total. The number of anilines is 2. The highest BCUT2D eigenvalue weighted by Gasteiger charge is 2.23. The van der Waals surface area contributed by atoms with E-state index in [9.17, 15) is 0 Å². The van der Waals surface area contributed by atoms with Crippen molar-refractivity contribution in [3.63, 3.8) is 0 Å². The Balaban J connectivity index is 2.23. The average molecular weight is 229 g/mol. The van der Waals surface area contributed by atoms with Crippen molar-refractivity contribution < 1.29 is 0 Å². The number of rotatable bonds is 2. The SMILES string of the molecule is CSc1c(N)nsc1N1CCC(C)C1. The number of thioether (sulfide) groups is 1. The van der Waals surface area contributed by atoms with Crippen molar-refractivity contribution in [1.29, 1.82) is 0 Å². The quantitative estimate of drug-likeness (QED) is 0.790. The highest BCUT2D eigenvalue weighted by atomic mass is 32.2. The summed E-state index contributed by atoms with van der Waals surface area (Å²) >= 11 is 3.23. The van der Waals surface area contributed by atoms with E-state index >= 15 is 0 Å². The molecule has 2 heterocycles. The number of nitrogens with zero attached hydrogens (tertiary/aromatic N) is 2. The Morgan fingerprint density at radius 3 is 3.00 bits per heavy atom. The maximum absolute atomic E-state index is 5.81. The third-order valence-electron chi connectivity index (χ3n) is 2.57. The van der Waals surface area contributed by atoms with Gasteiger partial charge in [-0.3, -0.25) is 0 Å². The van der Waals surface area contributed by atoms with Crippen LogP contribution in [0.5, 0.6) is 0 Å². The molecule has 1 unspecified atom stereocenters. The molecule has 0 radical (unpaired) electrons. The summed E-state index contributed by atoms with van der Waals surface area (Å²) in [6, 6.07) is 0. The lowest BCUT2D eigenvalue weighted by atomic mass is 10.2. The standard InChI is InChI=1S/C9H15N3S2/c1-6-3-4-12(5-6)9-7(13-2)8(10)11-14-9/h6H,3-5H2,1-2H3,(H2,10,11). The van der Waals surface area contributed by atoms with Gasteiger partial charge in [-0.25, -0.2) is 0 Å². The van der Waals surface area contributed by atoms with Gasteiger partial charge in [0.1, 0.15) is 5.00 Å². The van der Waals surface area contributed by atoms with Crippen LogP contribution in [0, 0.1) is 5.92 Å². The zero-order valence-electron chi connectivity index (χ0n) is 8.49. The Hall–Kier alpha value is -0.420. The first-order chi connectivity index (χ1) is 6.72. The molecule has 2 N–H and O–H groups in total. The molecule has 2 rings (SSSR count). The van der Waals surface area contributed by atoms with E-state index in [2.05, 4.69) is 22.5 Å². The summed E-state index contributed by atoms with van der Waals surface area (Å²) < 4.78 is 4.21. The van der Waals surface area contributed by atoms with Gasteiger partial charge >= 0.3 is 0 Å². The third-order valence-corrected chi connectivity index (χ3v) is 4.44. The highest BCUT2D eigenvalue weighted by Crippen LogP contribution is 2.39. The van der Waals surface area contributed by atoms with Gasteiger partial charge in [0, 0.05) is 13.1 Å². The summed E-state index contributed by atoms with van der Waals surface area (Å²) in [6.07, 6.45) is 3.34. The summed E-state index contributed by atoms with van der Waals surface area (Å²) in [4.78, 5) is 3.56. The van der Waals surface area contributed by atoms with E-state index in [4.69, 9.17) is 5.73 Å². The molecule has 0 saturated carbocycles. The minimum Gasteiger partial charge on any atom is -0.382 e. The van der Waals surface area contributed by atoms with Crippen LogP contribution in [-0.2, 0) is 0 Å². The molecule has 14 heavy (non-hydrogen) atoms. The van der Waals surface area contributed by atoms with Crippen molar-refractivity contribution in [2.75, 3.05) is 30.0 Å². The van der Waals surface area contributed by atoms with Crippen LogP contribution in [0.4, 0.5) is 10.8 Å². The molecule has 1 aliphatic heterocycles. The zero-order chi connectivity index (χ0) is 10.1. The normalized spacial score (nSPS) is 21.9. The van der Waals surface area contributed by atoms with Crippen molar-refractivity contribution in [3.8, 4) is 0 Å². The van der Waals surface area contributed by atoms with Crippen molar-refractivity contribution in [2.45, 2.75) is 18.2 Å². The average Bonchev–Trinajstić information content (AvgIpc) is 2.71. The van der Waals surface area contributed by atoms with E-state index in [0.717, 1.165) is 23.9 Å². The zero-order valence-corrected chi connectivity index (χ0v) is 10.1. The van der Waals surface area contributed by atoms with Gasteiger partial charge < -0.3 is 10.6 Å². The number of nitrogens with two attached hydrogens (primary N) is 1. The van der Waals surface area contributed by atoms with Crippen LogP contribution in [0.15, 0.2) is 4.90 Å². The fraction of sp³-hybridized carbons (Fsp3) is 0.667. The van der Waals surface area contributed by atoms with E-state index in [-0.39, 0.29) is 0 Å². The second-order valence-electron chi connectivity index (χ2n) is 3.75. The molecule has 1 aromatic heterocycles. The van der Waals surface area contributed by atoms with Crippen LogP contribution in [0.2, 0.25) is 0 Å². The topological polar surface area (TPSA) is 42.1 Å². The molecule has 78 valence electrons. The molecule has 0 amide bonds. The molecule has 1 atom stereocenters. The monoisotopic (exact) mass is 229 g/mol. The number of nitrogen functional groups attached to an aromatic ring is 1. The molecule has 0 bridgehead atoms. The molecule has 0 aliphatic carbocycles. The van der Waals surface area contributed by atoms with Crippen molar-refractivity contribution in [2.24, 2.45) is 5.92 Å². The molecule has 0 aromatic carbocycles. The van der Waals surface area contributed by atoms with Crippen molar-refractivity contribution >= 4 is 34.1 Å². The second kappa shape index (κ2) is 3.98. The predicted molar refractivity (Wildman–Crippen MR) is 64.3 cm³/mol. The Labute approximate surface area is 92.8 Å². The summed E-state index contributed by atoms with van der Waals surface area (Å²) in [6.45, 7) is 4.59. The van der Waals surface area contributed by atoms with E-state index < -0.39 is 0 Å². The smallest absolute Gasteiger partial charge is 0.153 e. The van der Waals surface area contributed by atoms with Gasteiger partial charge in [0.15, 0.2) is 5.82 Å². The Morgan fingerprint density at radius 2 is 2.43 bits per heavy atom. The van der Waals surface area contributed by atoms with Crippen molar-refractivity contribution in [1.82, 2.24) is 4.37 Å². The summed E-state index contributed by atoms with van der Waals surface area (Å²) in [5.74, 6) is 1.49. The molecule has 1 saturated heterocycles. The van der Waals surface area contributed by atoms with Gasteiger partial charge in [-0.15, -0.1) is 11.8 Å². The van der Waals surface area contributed by atoms with Gasteiger partial charge in [-0.05, 0) is 30.1 Å². The second-order valence-corrected chi connectivity index (χ2v) is 5.31. The van der Waals surface area contributed by atoms with E-state index in [1.54, 1.807) is 11.8 Å². The lowest BCUT2D eigenvalue weighted by molar-refractivity contribution is 0.659. The fourth-order valence-electron chi connectivity index (χ4n) is 1.80. The predicted octanol–water partition coefficient (Wildman–Crippen LogP) is 2.29. The maximum Gasteiger partial charge on any atom is 0.153 e. The van der Waals surface area contributed by atoms with Gasteiger partial charge in [-0.1, -0.05) is 6.92 Å². The number of aromatic nitrogens is 1. The molecule has 1 aromatic rings. The molecular formula is C9H15N3S2. The lowest BCUT2D eigenvalue weighted by Crippen LogP contribution is -2.18. The van der Waals surface area contributed by atoms with E-state index in [0.29, 0.717) is 5.82 Å². The van der Waals surface area contributed by atoms with Gasteiger partial charge in [-0.2, -0.15) is 4.37 Å². The first-order valence-corrected chi connectivity index (χ1v) is 6.76. The first-order valence-electron chi connectivity index (χ1n) is 4.76. The first kappa shape index (κ1) is 10.1. The van der Waals surface area contributed by atoms with Crippen LogP contribution in [0.25, 0.3) is 0 Å². The fourth-order valence-corrected chi connectivity index (χ4v) is 3.52. The maximum atomic E-state index is 5.81. The molecule has 5 heteroatoms. The van der Waals surface area contributed by atoms with Crippen molar-refractivity contribution in [3.05, 3.63) is 0 Å². The van der Waals surface area contributed by atoms with E-state index in [1.807, 2.05) is 0 Å². The van der Waals surface area contributed by atoms with E-state index in [1.165, 1.54) is 23.0 Å².